The Bertz CT molecular complexity index is 1140. The molecule has 2 N–H and O–H groups in total. The molecule has 0 spiro atoms. The number of rotatable bonds is 7. The van der Waals surface area contributed by atoms with Crippen molar-refractivity contribution in [3.05, 3.63) is 77.6 Å². The van der Waals surface area contributed by atoms with E-state index in [1.807, 2.05) is 41.1 Å². The molecule has 1 amide bonds. The Morgan fingerprint density at radius 1 is 1.14 bits per heavy atom. The Balaban J connectivity index is 1.51. The first kappa shape index (κ1) is 19.2. The maximum Gasteiger partial charge on any atom is 0.255 e. The molecule has 2 aromatic carbocycles. The minimum absolute atomic E-state index is 0.185. The van der Waals surface area contributed by atoms with Gasteiger partial charge in [-0.15, -0.1) is 0 Å². The van der Waals surface area contributed by atoms with Crippen LogP contribution in [0.4, 0.5) is 5.69 Å². The van der Waals surface area contributed by atoms with Gasteiger partial charge in [0.25, 0.3) is 5.91 Å². The number of anilines is 1. The normalized spacial score (nSPS) is 13.8. The summed E-state index contributed by atoms with van der Waals surface area (Å²) < 4.78 is 27.1. The van der Waals surface area contributed by atoms with Crippen molar-refractivity contribution in [1.29, 1.82) is 0 Å². The summed E-state index contributed by atoms with van der Waals surface area (Å²) in [6.45, 7) is 0.290. The zero-order valence-corrected chi connectivity index (χ0v) is 16.8. The lowest BCUT2D eigenvalue weighted by Crippen LogP contribution is -2.24. The number of carbonyl (C=O) groups is 1. The predicted molar refractivity (Wildman–Crippen MR) is 112 cm³/mol. The van der Waals surface area contributed by atoms with Gasteiger partial charge in [-0.2, -0.15) is 5.10 Å². The summed E-state index contributed by atoms with van der Waals surface area (Å²) in [4.78, 5) is 12.9. The summed E-state index contributed by atoms with van der Waals surface area (Å²) in [5.41, 5.74) is 3.74. The molecule has 4 rings (SSSR count). The summed E-state index contributed by atoms with van der Waals surface area (Å²) in [5.74, 6) is 0.163. The first-order valence-corrected chi connectivity index (χ1v) is 11.3. The monoisotopic (exact) mass is 410 g/mol. The highest BCUT2D eigenvalue weighted by molar-refractivity contribution is 7.92. The standard InChI is InChI=1S/C21H22N4O3S/c1-29(27,28)24-17-7-5-6-15(12-17)13-22-21(26)19-14-23-25(20(19)16-10-11-16)18-8-3-2-4-9-18/h2-9,12,14,16,24H,10-11,13H2,1H3,(H,22,26). The molecule has 150 valence electrons. The van der Waals surface area contributed by atoms with Crippen LogP contribution in [0.2, 0.25) is 0 Å². The minimum Gasteiger partial charge on any atom is -0.348 e. The minimum atomic E-state index is -3.35. The van der Waals surface area contributed by atoms with Gasteiger partial charge in [0.1, 0.15) is 0 Å². The van der Waals surface area contributed by atoms with Crippen LogP contribution in [0.15, 0.2) is 60.8 Å². The van der Waals surface area contributed by atoms with E-state index in [2.05, 4.69) is 15.1 Å². The van der Waals surface area contributed by atoms with Gasteiger partial charge in [0.2, 0.25) is 10.0 Å². The molecule has 0 aliphatic heterocycles. The van der Waals surface area contributed by atoms with Gasteiger partial charge in [-0.25, -0.2) is 13.1 Å². The van der Waals surface area contributed by atoms with Gasteiger partial charge in [0, 0.05) is 18.2 Å². The number of carbonyl (C=O) groups excluding carboxylic acids is 1. The highest BCUT2D eigenvalue weighted by Gasteiger charge is 2.32. The van der Waals surface area contributed by atoms with E-state index in [-0.39, 0.29) is 5.91 Å². The van der Waals surface area contributed by atoms with Gasteiger partial charge in [-0.3, -0.25) is 9.52 Å². The molecule has 1 aliphatic rings. The van der Waals surface area contributed by atoms with E-state index >= 15 is 0 Å². The Kier molecular flexibility index (Phi) is 5.10. The maximum atomic E-state index is 12.9. The molecule has 1 aromatic heterocycles. The number of hydrogen-bond donors (Lipinski definition) is 2. The fourth-order valence-electron chi connectivity index (χ4n) is 3.29. The van der Waals surface area contributed by atoms with E-state index in [9.17, 15) is 13.2 Å². The Morgan fingerprint density at radius 3 is 2.59 bits per heavy atom. The smallest absolute Gasteiger partial charge is 0.255 e. The van der Waals surface area contributed by atoms with Gasteiger partial charge in [-0.1, -0.05) is 30.3 Å². The van der Waals surface area contributed by atoms with Crippen LogP contribution in [-0.2, 0) is 16.6 Å². The van der Waals surface area contributed by atoms with Crippen molar-refractivity contribution in [3.63, 3.8) is 0 Å². The number of nitrogens with zero attached hydrogens (tertiary/aromatic N) is 2. The third-order valence-electron chi connectivity index (χ3n) is 4.70. The van der Waals surface area contributed by atoms with Gasteiger partial charge < -0.3 is 5.32 Å². The third kappa shape index (κ3) is 4.65. The average Bonchev–Trinajstić information content (AvgIpc) is 3.43. The quantitative estimate of drug-likeness (QED) is 0.626. The molecule has 0 radical (unpaired) electrons. The van der Waals surface area contributed by atoms with Crippen LogP contribution < -0.4 is 10.0 Å². The second-order valence-corrected chi connectivity index (χ2v) is 8.97. The summed E-state index contributed by atoms with van der Waals surface area (Å²) >= 11 is 0. The number of hydrogen-bond acceptors (Lipinski definition) is 4. The van der Waals surface area contributed by atoms with Gasteiger partial charge in [0.05, 0.1) is 29.4 Å². The van der Waals surface area contributed by atoms with E-state index in [0.29, 0.717) is 23.7 Å². The topological polar surface area (TPSA) is 93.1 Å². The van der Waals surface area contributed by atoms with Crippen molar-refractivity contribution in [1.82, 2.24) is 15.1 Å². The van der Waals surface area contributed by atoms with Crippen LogP contribution in [0.1, 0.15) is 40.4 Å². The van der Waals surface area contributed by atoms with Crippen molar-refractivity contribution >= 4 is 21.6 Å². The molecule has 0 saturated heterocycles. The zero-order chi connectivity index (χ0) is 20.4. The SMILES string of the molecule is CS(=O)(=O)Nc1cccc(CNC(=O)c2cnn(-c3ccccc3)c2C2CC2)c1. The van der Waals surface area contributed by atoms with Crippen LogP contribution in [-0.4, -0.2) is 30.4 Å². The van der Waals surface area contributed by atoms with E-state index < -0.39 is 10.0 Å². The van der Waals surface area contributed by atoms with Crippen molar-refractivity contribution in [2.75, 3.05) is 11.0 Å². The summed E-state index contributed by atoms with van der Waals surface area (Å²) in [6, 6.07) is 16.8. The Labute approximate surface area is 169 Å². The van der Waals surface area contributed by atoms with Crippen molar-refractivity contribution in [2.24, 2.45) is 0 Å². The third-order valence-corrected chi connectivity index (χ3v) is 5.31. The number of sulfonamides is 1. The van der Waals surface area contributed by atoms with Crippen molar-refractivity contribution in [3.8, 4) is 5.69 Å². The number of benzene rings is 2. The second-order valence-electron chi connectivity index (χ2n) is 7.22. The number of para-hydroxylation sites is 1. The van der Waals surface area contributed by atoms with E-state index in [1.165, 1.54) is 0 Å². The molecule has 3 aromatic rings. The summed E-state index contributed by atoms with van der Waals surface area (Å²) in [6.07, 6.45) is 4.83. The van der Waals surface area contributed by atoms with Crippen LogP contribution >= 0.6 is 0 Å². The molecular weight excluding hydrogens is 388 g/mol. The Morgan fingerprint density at radius 2 is 1.90 bits per heavy atom. The van der Waals surface area contributed by atoms with E-state index in [1.54, 1.807) is 24.4 Å². The summed E-state index contributed by atoms with van der Waals surface area (Å²) in [7, 11) is -3.35. The van der Waals surface area contributed by atoms with Crippen molar-refractivity contribution < 1.29 is 13.2 Å². The van der Waals surface area contributed by atoms with Gasteiger partial charge in [-0.05, 0) is 42.7 Å². The van der Waals surface area contributed by atoms with E-state index in [4.69, 9.17) is 0 Å². The number of nitrogens with one attached hydrogen (secondary N) is 2. The number of amides is 1. The summed E-state index contributed by atoms with van der Waals surface area (Å²) in [5, 5.41) is 7.38. The molecule has 1 saturated carbocycles. The molecule has 7 nitrogen and oxygen atoms in total. The van der Waals surface area contributed by atoms with Gasteiger partial charge in [0.15, 0.2) is 0 Å². The van der Waals surface area contributed by atoms with Crippen LogP contribution in [0, 0.1) is 0 Å². The van der Waals surface area contributed by atoms with E-state index in [0.717, 1.165) is 36.0 Å². The fraction of sp³-hybridized carbons (Fsp3) is 0.238. The molecule has 0 unspecified atom stereocenters. The Hall–Kier alpha value is -3.13. The molecule has 0 atom stereocenters. The number of aromatic nitrogens is 2. The molecule has 8 heteroatoms. The lowest BCUT2D eigenvalue weighted by atomic mass is 10.1. The van der Waals surface area contributed by atoms with Crippen LogP contribution in [0.5, 0.6) is 0 Å². The van der Waals surface area contributed by atoms with Crippen molar-refractivity contribution in [2.45, 2.75) is 25.3 Å². The maximum absolute atomic E-state index is 12.9. The van der Waals surface area contributed by atoms with Gasteiger partial charge >= 0.3 is 0 Å². The first-order chi connectivity index (χ1) is 13.9. The molecule has 0 bridgehead atoms. The fourth-order valence-corrected chi connectivity index (χ4v) is 3.85. The lowest BCUT2D eigenvalue weighted by molar-refractivity contribution is 0.0950. The molecule has 1 heterocycles. The lowest BCUT2D eigenvalue weighted by Gasteiger charge is -2.10. The first-order valence-electron chi connectivity index (χ1n) is 9.39. The predicted octanol–water partition coefficient (Wildman–Crippen LogP) is 3.05. The second kappa shape index (κ2) is 7.71. The van der Waals surface area contributed by atoms with Crippen LogP contribution in [0.25, 0.3) is 5.69 Å². The largest absolute Gasteiger partial charge is 0.348 e. The molecule has 1 aliphatic carbocycles. The highest BCUT2D eigenvalue weighted by Crippen LogP contribution is 2.42. The average molecular weight is 410 g/mol. The molecular formula is C21H22N4O3S. The molecule has 29 heavy (non-hydrogen) atoms. The van der Waals surface area contributed by atoms with Crippen LogP contribution in [0.3, 0.4) is 0 Å². The zero-order valence-electron chi connectivity index (χ0n) is 16.0. The molecule has 1 fully saturated rings. The highest BCUT2D eigenvalue weighted by atomic mass is 32.2.